The summed E-state index contributed by atoms with van der Waals surface area (Å²) in [5.74, 6) is 1.55. The van der Waals surface area contributed by atoms with Crippen molar-refractivity contribution in [2.75, 3.05) is 6.61 Å². The van der Waals surface area contributed by atoms with Crippen molar-refractivity contribution in [2.45, 2.75) is 46.1 Å². The van der Waals surface area contributed by atoms with Gasteiger partial charge in [-0.25, -0.2) is 0 Å². The van der Waals surface area contributed by atoms with Crippen LogP contribution in [0.15, 0.2) is 24.3 Å². The van der Waals surface area contributed by atoms with Crippen LogP contribution in [0.25, 0.3) is 0 Å². The highest BCUT2D eigenvalue weighted by Gasteiger charge is 2.10. The lowest BCUT2D eigenvalue weighted by atomic mass is 10.0. The summed E-state index contributed by atoms with van der Waals surface area (Å²) in [6.45, 7) is 7.31. The molecule has 0 spiro atoms. The highest BCUT2D eigenvalue weighted by atomic mass is 16.5. The molecule has 0 saturated heterocycles. The van der Waals surface area contributed by atoms with Crippen molar-refractivity contribution in [1.29, 1.82) is 0 Å². The first kappa shape index (κ1) is 14.0. The monoisotopic (exact) mass is 235 g/mol. The van der Waals surface area contributed by atoms with Crippen LogP contribution >= 0.6 is 0 Å². The van der Waals surface area contributed by atoms with E-state index in [4.69, 9.17) is 10.5 Å². The molecule has 1 aromatic carbocycles. The molecule has 1 unspecified atom stereocenters. The lowest BCUT2D eigenvalue weighted by molar-refractivity contribution is 0.248. The first-order valence-electron chi connectivity index (χ1n) is 6.66. The van der Waals surface area contributed by atoms with Crippen molar-refractivity contribution in [2.24, 2.45) is 11.7 Å². The Hall–Kier alpha value is -1.02. The van der Waals surface area contributed by atoms with Crippen molar-refractivity contribution < 1.29 is 4.74 Å². The highest BCUT2D eigenvalue weighted by Crippen LogP contribution is 2.25. The molecule has 1 rings (SSSR count). The molecule has 0 radical (unpaired) electrons. The van der Waals surface area contributed by atoms with Crippen LogP contribution in [0.5, 0.6) is 5.75 Å². The average Bonchev–Trinajstić information content (AvgIpc) is 2.36. The molecule has 0 amide bonds. The van der Waals surface area contributed by atoms with Gasteiger partial charge >= 0.3 is 0 Å². The Labute approximate surface area is 105 Å². The first-order valence-corrected chi connectivity index (χ1v) is 6.66. The van der Waals surface area contributed by atoms with Crippen LogP contribution in [0, 0.1) is 5.92 Å². The smallest absolute Gasteiger partial charge is 0.124 e. The van der Waals surface area contributed by atoms with Crippen LogP contribution in [0.1, 0.15) is 51.6 Å². The Morgan fingerprint density at radius 1 is 1.24 bits per heavy atom. The van der Waals surface area contributed by atoms with E-state index in [1.54, 1.807) is 0 Å². The average molecular weight is 235 g/mol. The molecule has 2 nitrogen and oxygen atoms in total. The van der Waals surface area contributed by atoms with Crippen molar-refractivity contribution >= 4 is 0 Å². The zero-order valence-electron chi connectivity index (χ0n) is 11.3. The van der Waals surface area contributed by atoms with Gasteiger partial charge in [0.2, 0.25) is 0 Å². The Morgan fingerprint density at radius 3 is 2.59 bits per heavy atom. The molecule has 96 valence electrons. The van der Waals surface area contributed by atoms with E-state index in [1.165, 1.54) is 12.8 Å². The fourth-order valence-corrected chi connectivity index (χ4v) is 1.95. The van der Waals surface area contributed by atoms with E-state index < -0.39 is 0 Å². The summed E-state index contributed by atoms with van der Waals surface area (Å²) >= 11 is 0. The molecule has 0 bridgehead atoms. The second-order valence-corrected chi connectivity index (χ2v) is 4.76. The van der Waals surface area contributed by atoms with Gasteiger partial charge in [0.05, 0.1) is 6.61 Å². The van der Waals surface area contributed by atoms with Crippen molar-refractivity contribution in [3.63, 3.8) is 0 Å². The van der Waals surface area contributed by atoms with Gasteiger partial charge in [-0.3, -0.25) is 0 Å². The third kappa shape index (κ3) is 4.39. The molecule has 0 saturated carbocycles. The Balaban J connectivity index is 2.63. The third-order valence-corrected chi connectivity index (χ3v) is 3.06. The number of rotatable bonds is 7. The predicted octanol–water partition coefficient (Wildman–Crippen LogP) is 3.91. The number of para-hydroxylation sites is 1. The van der Waals surface area contributed by atoms with Crippen LogP contribution in [0.2, 0.25) is 0 Å². The molecular formula is C15H25NO. The van der Waals surface area contributed by atoms with Crippen LogP contribution < -0.4 is 10.5 Å². The number of ether oxygens (including phenoxy) is 1. The standard InChI is InChI=1S/C15H25NO/c1-4-8-12(3)11-17-15-10-7-6-9-13(15)14(16)5-2/h6-7,9-10,12,14H,4-5,8,11,16H2,1-3H3/t12?,14-/m1/s1. The van der Waals surface area contributed by atoms with E-state index in [1.807, 2.05) is 18.2 Å². The van der Waals surface area contributed by atoms with E-state index in [9.17, 15) is 0 Å². The molecule has 17 heavy (non-hydrogen) atoms. The molecular weight excluding hydrogens is 210 g/mol. The highest BCUT2D eigenvalue weighted by molar-refractivity contribution is 5.35. The quantitative estimate of drug-likeness (QED) is 0.777. The fraction of sp³-hybridized carbons (Fsp3) is 0.600. The van der Waals surface area contributed by atoms with E-state index in [0.717, 1.165) is 24.3 Å². The van der Waals surface area contributed by atoms with Crippen molar-refractivity contribution in [3.8, 4) is 5.75 Å². The summed E-state index contributed by atoms with van der Waals surface area (Å²) in [5, 5.41) is 0. The number of nitrogens with two attached hydrogens (primary N) is 1. The molecule has 0 aliphatic heterocycles. The van der Waals surface area contributed by atoms with Gasteiger partial charge in [-0.1, -0.05) is 45.4 Å². The van der Waals surface area contributed by atoms with E-state index in [2.05, 4.69) is 26.8 Å². The predicted molar refractivity (Wildman–Crippen MR) is 73.2 cm³/mol. The van der Waals surface area contributed by atoms with Gasteiger partial charge in [0.15, 0.2) is 0 Å². The summed E-state index contributed by atoms with van der Waals surface area (Å²) in [4.78, 5) is 0. The topological polar surface area (TPSA) is 35.2 Å². The lowest BCUT2D eigenvalue weighted by Gasteiger charge is -2.17. The Morgan fingerprint density at radius 2 is 1.94 bits per heavy atom. The number of benzene rings is 1. The van der Waals surface area contributed by atoms with E-state index in [-0.39, 0.29) is 6.04 Å². The van der Waals surface area contributed by atoms with Gasteiger partial charge in [-0.2, -0.15) is 0 Å². The summed E-state index contributed by atoms with van der Waals surface area (Å²) in [7, 11) is 0. The zero-order valence-corrected chi connectivity index (χ0v) is 11.3. The van der Waals surface area contributed by atoms with Crippen LogP contribution in [-0.4, -0.2) is 6.61 Å². The lowest BCUT2D eigenvalue weighted by Crippen LogP contribution is -2.13. The molecule has 0 heterocycles. The maximum Gasteiger partial charge on any atom is 0.124 e. The van der Waals surface area contributed by atoms with Gasteiger partial charge in [0.1, 0.15) is 5.75 Å². The van der Waals surface area contributed by atoms with Crippen molar-refractivity contribution in [1.82, 2.24) is 0 Å². The fourth-order valence-electron chi connectivity index (χ4n) is 1.95. The second-order valence-electron chi connectivity index (χ2n) is 4.76. The SMILES string of the molecule is CCCC(C)COc1ccccc1[C@H](N)CC. The molecule has 0 aromatic heterocycles. The van der Waals surface area contributed by atoms with E-state index >= 15 is 0 Å². The van der Waals surface area contributed by atoms with Gasteiger partial charge in [0, 0.05) is 11.6 Å². The molecule has 0 aliphatic carbocycles. The van der Waals surface area contributed by atoms with Crippen LogP contribution in [-0.2, 0) is 0 Å². The Kier molecular flexibility index (Phi) is 6.06. The number of hydrogen-bond acceptors (Lipinski definition) is 2. The minimum absolute atomic E-state index is 0.0766. The first-order chi connectivity index (χ1) is 8.19. The largest absolute Gasteiger partial charge is 0.493 e. The molecule has 1 aromatic rings. The van der Waals surface area contributed by atoms with Crippen LogP contribution in [0.4, 0.5) is 0 Å². The van der Waals surface area contributed by atoms with E-state index in [0.29, 0.717) is 5.92 Å². The van der Waals surface area contributed by atoms with Gasteiger partial charge in [-0.15, -0.1) is 0 Å². The van der Waals surface area contributed by atoms with Crippen LogP contribution in [0.3, 0.4) is 0 Å². The van der Waals surface area contributed by atoms with Gasteiger partial charge in [0.25, 0.3) is 0 Å². The number of hydrogen-bond donors (Lipinski definition) is 1. The summed E-state index contributed by atoms with van der Waals surface area (Å²) in [6, 6.07) is 8.18. The summed E-state index contributed by atoms with van der Waals surface area (Å²) in [5.41, 5.74) is 7.20. The van der Waals surface area contributed by atoms with Gasteiger partial charge < -0.3 is 10.5 Å². The molecule has 0 fully saturated rings. The molecule has 2 atom stereocenters. The minimum Gasteiger partial charge on any atom is -0.493 e. The van der Waals surface area contributed by atoms with Gasteiger partial charge in [-0.05, 0) is 24.8 Å². The summed E-state index contributed by atoms with van der Waals surface area (Å²) < 4.78 is 5.89. The molecule has 2 N–H and O–H groups in total. The normalized spacial score (nSPS) is 14.4. The molecule has 0 aliphatic rings. The Bertz CT molecular complexity index is 324. The second kappa shape index (κ2) is 7.33. The minimum atomic E-state index is 0.0766. The molecule has 2 heteroatoms. The zero-order chi connectivity index (χ0) is 12.7. The third-order valence-electron chi connectivity index (χ3n) is 3.06. The summed E-state index contributed by atoms with van der Waals surface area (Å²) in [6.07, 6.45) is 3.35. The maximum absolute atomic E-state index is 6.08. The van der Waals surface area contributed by atoms with Crippen molar-refractivity contribution in [3.05, 3.63) is 29.8 Å². The maximum atomic E-state index is 6.08.